The van der Waals surface area contributed by atoms with Crippen molar-refractivity contribution in [3.8, 4) is 0 Å². The highest BCUT2D eigenvalue weighted by atomic mass is 32.2. The third kappa shape index (κ3) is 8.22. The van der Waals surface area contributed by atoms with Crippen molar-refractivity contribution in [1.29, 1.82) is 0 Å². The third-order valence-electron chi connectivity index (χ3n) is 2.47. The number of nitrogens with one attached hydrogen (secondary N) is 1. The predicted molar refractivity (Wildman–Crippen MR) is 86.3 cm³/mol. The first kappa shape index (κ1) is 18.1. The molecule has 0 aromatic heterocycles. The summed E-state index contributed by atoms with van der Waals surface area (Å²) >= 11 is 5.58. The molecule has 0 spiro atoms. The summed E-state index contributed by atoms with van der Waals surface area (Å²) in [7, 11) is 1.80. The number of thiol groups is 1. The van der Waals surface area contributed by atoms with Gasteiger partial charge < -0.3 is 5.32 Å². The number of carbonyl (C=O) groups is 1. The van der Waals surface area contributed by atoms with Crippen molar-refractivity contribution < 1.29 is 4.79 Å². The van der Waals surface area contributed by atoms with E-state index in [1.54, 1.807) is 7.05 Å². The second-order valence-electron chi connectivity index (χ2n) is 5.34. The van der Waals surface area contributed by atoms with E-state index in [0.717, 1.165) is 12.8 Å². The van der Waals surface area contributed by atoms with Gasteiger partial charge in [-0.25, -0.2) is 0 Å². The molecule has 2 nitrogen and oxygen atoms in total. The standard InChI is InChI=1S/C14H27NOS2/c1-10(2)6-7-12(8-11(3)4)18-14(16)13(9-17)15-5/h7,10-11,13,15,17H,6,8-9H2,1-5H3/b12-7+/t13-/m0/s1. The fraction of sp³-hybridized carbons (Fsp3) is 0.786. The SMILES string of the molecule is CN[C@@H](CS)C(=O)S/C(=C/CC(C)C)CC(C)C. The lowest BCUT2D eigenvalue weighted by Crippen LogP contribution is -2.33. The van der Waals surface area contributed by atoms with Gasteiger partial charge in [0.25, 0.3) is 0 Å². The monoisotopic (exact) mass is 289 g/mol. The van der Waals surface area contributed by atoms with Gasteiger partial charge in [0.15, 0.2) is 0 Å². The van der Waals surface area contributed by atoms with Crippen molar-refractivity contribution in [3.63, 3.8) is 0 Å². The van der Waals surface area contributed by atoms with E-state index < -0.39 is 0 Å². The van der Waals surface area contributed by atoms with E-state index in [9.17, 15) is 4.79 Å². The molecule has 1 N–H and O–H groups in total. The van der Waals surface area contributed by atoms with Gasteiger partial charge in [0, 0.05) is 5.75 Å². The minimum atomic E-state index is -0.159. The van der Waals surface area contributed by atoms with Crippen LogP contribution in [0.4, 0.5) is 0 Å². The largest absolute Gasteiger partial charge is 0.309 e. The number of hydrogen-bond acceptors (Lipinski definition) is 4. The second-order valence-corrected chi connectivity index (χ2v) is 6.84. The van der Waals surface area contributed by atoms with Crippen molar-refractivity contribution in [2.24, 2.45) is 11.8 Å². The van der Waals surface area contributed by atoms with Gasteiger partial charge in [0.05, 0.1) is 6.04 Å². The number of rotatable bonds is 8. The summed E-state index contributed by atoms with van der Waals surface area (Å²) in [6, 6.07) is -0.159. The first-order chi connectivity index (χ1) is 8.40. The van der Waals surface area contributed by atoms with E-state index in [-0.39, 0.29) is 11.2 Å². The summed E-state index contributed by atoms with van der Waals surface area (Å²) < 4.78 is 0. The van der Waals surface area contributed by atoms with Crippen molar-refractivity contribution in [2.45, 2.75) is 46.6 Å². The Hall–Kier alpha value is 0.0700. The maximum atomic E-state index is 12.1. The zero-order valence-corrected chi connectivity index (χ0v) is 13.9. The zero-order chi connectivity index (χ0) is 14.1. The van der Waals surface area contributed by atoms with Gasteiger partial charge in [-0.15, -0.1) is 0 Å². The molecule has 0 aromatic carbocycles. The lowest BCUT2D eigenvalue weighted by Gasteiger charge is -2.14. The van der Waals surface area contributed by atoms with Gasteiger partial charge in [-0.1, -0.05) is 45.5 Å². The molecule has 0 bridgehead atoms. The van der Waals surface area contributed by atoms with E-state index in [4.69, 9.17) is 0 Å². The zero-order valence-electron chi connectivity index (χ0n) is 12.2. The van der Waals surface area contributed by atoms with E-state index >= 15 is 0 Å². The van der Waals surface area contributed by atoms with E-state index in [1.807, 2.05) is 0 Å². The molecule has 0 saturated carbocycles. The maximum Gasteiger partial charge on any atom is 0.211 e. The molecular formula is C14H27NOS2. The molecule has 0 saturated heterocycles. The van der Waals surface area contributed by atoms with Gasteiger partial charge in [0.2, 0.25) is 5.12 Å². The maximum absolute atomic E-state index is 12.1. The Kier molecular flexibility index (Phi) is 9.97. The topological polar surface area (TPSA) is 29.1 Å². The molecule has 18 heavy (non-hydrogen) atoms. The van der Waals surface area contributed by atoms with Crippen LogP contribution in [0.25, 0.3) is 0 Å². The molecule has 0 aliphatic heterocycles. The minimum absolute atomic E-state index is 0.159. The molecule has 0 heterocycles. The van der Waals surface area contributed by atoms with Crippen LogP contribution >= 0.6 is 24.4 Å². The predicted octanol–water partition coefficient (Wildman–Crippen LogP) is 3.74. The number of hydrogen-bond donors (Lipinski definition) is 2. The lowest BCUT2D eigenvalue weighted by atomic mass is 10.1. The van der Waals surface area contributed by atoms with Gasteiger partial charge in [-0.3, -0.25) is 4.79 Å². The van der Waals surface area contributed by atoms with Crippen LogP contribution in [0.15, 0.2) is 11.0 Å². The molecule has 0 fully saturated rings. The number of carbonyl (C=O) groups excluding carboxylic acids is 1. The summed E-state index contributed by atoms with van der Waals surface area (Å²) in [5.74, 6) is 1.75. The Balaban J connectivity index is 4.57. The highest BCUT2D eigenvalue weighted by Gasteiger charge is 2.17. The molecular weight excluding hydrogens is 262 g/mol. The molecule has 0 amide bonds. The Labute approximate surface area is 122 Å². The van der Waals surface area contributed by atoms with E-state index in [1.165, 1.54) is 16.7 Å². The quantitative estimate of drug-likeness (QED) is 0.667. The fourth-order valence-electron chi connectivity index (χ4n) is 1.42. The fourth-order valence-corrected chi connectivity index (χ4v) is 3.09. The molecule has 0 aromatic rings. The lowest BCUT2D eigenvalue weighted by molar-refractivity contribution is -0.112. The molecule has 4 heteroatoms. The molecule has 0 rings (SSSR count). The Morgan fingerprint density at radius 3 is 2.28 bits per heavy atom. The van der Waals surface area contributed by atoms with Crippen LogP contribution < -0.4 is 5.32 Å². The van der Waals surface area contributed by atoms with E-state index in [0.29, 0.717) is 17.6 Å². The smallest absolute Gasteiger partial charge is 0.211 e. The third-order valence-corrected chi connectivity index (χ3v) is 3.92. The molecule has 0 aliphatic carbocycles. The number of allylic oxidation sites excluding steroid dienone is 2. The highest BCUT2D eigenvalue weighted by Crippen LogP contribution is 2.26. The Morgan fingerprint density at radius 1 is 1.28 bits per heavy atom. The van der Waals surface area contributed by atoms with Crippen molar-refractivity contribution in [1.82, 2.24) is 5.32 Å². The summed E-state index contributed by atoms with van der Waals surface area (Å²) in [6.45, 7) is 8.76. The first-order valence-electron chi connectivity index (χ1n) is 6.59. The van der Waals surface area contributed by atoms with Crippen LogP contribution in [0.5, 0.6) is 0 Å². The number of thioether (sulfide) groups is 1. The minimum Gasteiger partial charge on any atom is -0.309 e. The van der Waals surface area contributed by atoms with Crippen LogP contribution in [-0.2, 0) is 4.79 Å². The highest BCUT2D eigenvalue weighted by molar-refractivity contribution is 8.17. The molecule has 0 radical (unpaired) electrons. The Morgan fingerprint density at radius 2 is 1.89 bits per heavy atom. The molecule has 106 valence electrons. The summed E-state index contributed by atoms with van der Waals surface area (Å²) in [5.41, 5.74) is 0. The summed E-state index contributed by atoms with van der Waals surface area (Å²) in [6.07, 6.45) is 4.23. The second kappa shape index (κ2) is 9.93. The van der Waals surface area contributed by atoms with Crippen molar-refractivity contribution in [2.75, 3.05) is 12.8 Å². The first-order valence-corrected chi connectivity index (χ1v) is 8.04. The van der Waals surface area contributed by atoms with E-state index in [2.05, 4.69) is 51.7 Å². The number of likely N-dealkylation sites (N-methyl/N-ethyl adjacent to an activating group) is 1. The van der Waals surface area contributed by atoms with Crippen LogP contribution in [-0.4, -0.2) is 24.0 Å². The molecule has 1 atom stereocenters. The van der Waals surface area contributed by atoms with Gasteiger partial charge in [-0.05, 0) is 36.6 Å². The van der Waals surface area contributed by atoms with Gasteiger partial charge in [-0.2, -0.15) is 12.6 Å². The van der Waals surface area contributed by atoms with Crippen LogP contribution in [0, 0.1) is 11.8 Å². The summed E-state index contributed by atoms with van der Waals surface area (Å²) in [5, 5.41) is 3.17. The van der Waals surface area contributed by atoms with Crippen LogP contribution in [0.3, 0.4) is 0 Å². The van der Waals surface area contributed by atoms with Crippen molar-refractivity contribution >= 4 is 29.5 Å². The van der Waals surface area contributed by atoms with Gasteiger partial charge in [0.1, 0.15) is 0 Å². The summed E-state index contributed by atoms with van der Waals surface area (Å²) in [4.78, 5) is 13.3. The van der Waals surface area contributed by atoms with Crippen molar-refractivity contribution in [3.05, 3.63) is 11.0 Å². The molecule has 0 unspecified atom stereocenters. The van der Waals surface area contributed by atoms with Crippen LogP contribution in [0.1, 0.15) is 40.5 Å². The van der Waals surface area contributed by atoms with Gasteiger partial charge >= 0.3 is 0 Å². The average molecular weight is 290 g/mol. The normalized spacial score (nSPS) is 14.3. The molecule has 0 aliphatic rings. The average Bonchev–Trinajstić information content (AvgIpc) is 2.26. The Bertz CT molecular complexity index is 271. The van der Waals surface area contributed by atoms with Crippen LogP contribution in [0.2, 0.25) is 0 Å².